The molecular formula is C8H18N2O. The van der Waals surface area contributed by atoms with Crippen LogP contribution in [-0.4, -0.2) is 18.0 Å². The Balaban J connectivity index is 5.16. The second-order valence-electron chi connectivity index (χ2n) is 2.96. The zero-order valence-corrected chi connectivity index (χ0v) is 7.46. The van der Waals surface area contributed by atoms with Gasteiger partial charge in [-0.15, -0.1) is 4.91 Å². The van der Waals surface area contributed by atoms with Gasteiger partial charge in [-0.25, -0.2) is 0 Å². The fourth-order valence-electron chi connectivity index (χ4n) is 0.574. The predicted molar refractivity (Wildman–Crippen MR) is 47.0 cm³/mol. The van der Waals surface area contributed by atoms with Gasteiger partial charge in [0, 0.05) is 13.0 Å². The number of hydrogen-bond donors (Lipinski definition) is 0. The van der Waals surface area contributed by atoms with Crippen molar-refractivity contribution in [1.29, 1.82) is 0 Å². The fraction of sp³-hybridized carbons (Fsp3) is 1.00. The van der Waals surface area contributed by atoms with Crippen molar-refractivity contribution in [3.63, 3.8) is 0 Å². The highest BCUT2D eigenvalue weighted by molar-refractivity contribution is 4.56. The van der Waals surface area contributed by atoms with Gasteiger partial charge in [0.15, 0.2) is 0 Å². The number of hydrogen-bond acceptors (Lipinski definition) is 2. The minimum Gasteiger partial charge on any atom is -0.260 e. The molecule has 0 saturated heterocycles. The third-order valence-electron chi connectivity index (χ3n) is 0.843. The van der Waals surface area contributed by atoms with Gasteiger partial charge < -0.3 is 0 Å². The van der Waals surface area contributed by atoms with Crippen molar-refractivity contribution in [2.24, 2.45) is 17.1 Å². The summed E-state index contributed by atoms with van der Waals surface area (Å²) in [4.78, 5) is 10.6. The first-order valence-corrected chi connectivity index (χ1v) is 3.72. The van der Waals surface area contributed by atoms with Crippen molar-refractivity contribution in [2.45, 2.75) is 27.7 Å². The maximum atomic E-state index is 10.6. The van der Waals surface area contributed by atoms with Crippen molar-refractivity contribution < 1.29 is 5.48 Å². The number of rotatable bonds is 5. The summed E-state index contributed by atoms with van der Waals surface area (Å²) >= 11 is 0. The molecule has 0 saturated carbocycles. The lowest BCUT2D eigenvalue weighted by atomic mass is 10.2. The highest BCUT2D eigenvalue weighted by Gasteiger charge is 2.06. The van der Waals surface area contributed by atoms with Gasteiger partial charge in [0.05, 0.1) is 10.8 Å². The molecule has 0 aliphatic carbocycles. The van der Waals surface area contributed by atoms with Crippen LogP contribution in [0.15, 0.2) is 5.29 Å². The van der Waals surface area contributed by atoms with Crippen LogP contribution in [0.25, 0.3) is 0 Å². The summed E-state index contributed by atoms with van der Waals surface area (Å²) < 4.78 is 30.6. The number of nitrogens with zero attached hydrogens (tertiary/aromatic N) is 2. The van der Waals surface area contributed by atoms with Crippen LogP contribution in [-0.2, 0) is 0 Å². The summed E-state index contributed by atoms with van der Waals surface area (Å²) in [5, 5.41) is 2.89. The van der Waals surface area contributed by atoms with Gasteiger partial charge in [-0.2, -0.15) is 0 Å². The van der Waals surface area contributed by atoms with Crippen molar-refractivity contribution in [3.8, 4) is 0 Å². The molecule has 0 amide bonds. The maximum Gasteiger partial charge on any atom is 0.0524 e. The molecule has 0 rings (SSSR count). The molecule has 0 spiro atoms. The fourth-order valence-corrected chi connectivity index (χ4v) is 0.574. The van der Waals surface area contributed by atoms with E-state index >= 15 is 0 Å². The minimum atomic E-state index is -2.09. The molecule has 11 heavy (non-hydrogen) atoms. The largest absolute Gasteiger partial charge is 0.260 e. The molecule has 66 valence electrons. The van der Waals surface area contributed by atoms with E-state index in [1.807, 2.05) is 0 Å². The standard InChI is InChI=1S/C8H18N2O/c1-7(2)5-10(9-11)6-8(3)4/h7-8H,5-6H2,1-4H3/i5D2,6D2. The molecule has 3 nitrogen and oxygen atoms in total. The first kappa shape index (κ1) is 5.12. The summed E-state index contributed by atoms with van der Waals surface area (Å²) in [6.45, 7) is 2.14. The summed E-state index contributed by atoms with van der Waals surface area (Å²) in [6, 6.07) is 0. The Morgan fingerprint density at radius 1 is 1.27 bits per heavy atom. The van der Waals surface area contributed by atoms with Gasteiger partial charge in [-0.3, -0.25) is 5.01 Å². The Morgan fingerprint density at radius 3 is 1.82 bits per heavy atom. The summed E-state index contributed by atoms with van der Waals surface area (Å²) in [5.41, 5.74) is 0. The first-order valence-electron chi connectivity index (χ1n) is 5.72. The van der Waals surface area contributed by atoms with Crippen molar-refractivity contribution in [3.05, 3.63) is 4.91 Å². The van der Waals surface area contributed by atoms with E-state index in [9.17, 15) is 4.91 Å². The average Bonchev–Trinajstić information content (AvgIpc) is 2.03. The van der Waals surface area contributed by atoms with E-state index in [1.54, 1.807) is 27.7 Å². The molecule has 0 radical (unpaired) electrons. The Morgan fingerprint density at radius 2 is 1.64 bits per heavy atom. The molecule has 0 aromatic rings. The predicted octanol–water partition coefficient (Wildman–Crippen LogP) is 2.28. The van der Waals surface area contributed by atoms with Crippen LogP contribution >= 0.6 is 0 Å². The Hall–Kier alpha value is -0.600. The van der Waals surface area contributed by atoms with E-state index in [0.717, 1.165) is 0 Å². The van der Waals surface area contributed by atoms with Gasteiger partial charge in [-0.05, 0) is 11.8 Å². The Bertz CT molecular complexity index is 211. The highest BCUT2D eigenvalue weighted by Crippen LogP contribution is 2.03. The van der Waals surface area contributed by atoms with E-state index < -0.39 is 24.8 Å². The van der Waals surface area contributed by atoms with E-state index in [2.05, 4.69) is 5.29 Å². The van der Waals surface area contributed by atoms with Crippen LogP contribution in [0.4, 0.5) is 0 Å². The van der Waals surface area contributed by atoms with Crippen LogP contribution in [0, 0.1) is 16.7 Å². The maximum absolute atomic E-state index is 10.6. The lowest BCUT2D eigenvalue weighted by Gasteiger charge is -2.18. The lowest BCUT2D eigenvalue weighted by molar-refractivity contribution is 0.226. The SMILES string of the molecule is [2H]C([2H])(C(C)C)N(N=O)C([2H])([2H])C(C)C. The smallest absolute Gasteiger partial charge is 0.0524 e. The zero-order valence-electron chi connectivity index (χ0n) is 11.5. The van der Waals surface area contributed by atoms with Crippen LogP contribution in [0.1, 0.15) is 33.2 Å². The van der Waals surface area contributed by atoms with E-state index in [4.69, 9.17) is 5.48 Å². The molecule has 0 aliphatic rings. The molecule has 0 bridgehead atoms. The summed E-state index contributed by atoms with van der Waals surface area (Å²) in [5.74, 6) is -1.05. The zero-order chi connectivity index (χ0) is 12.4. The highest BCUT2D eigenvalue weighted by atomic mass is 16.3. The van der Waals surface area contributed by atoms with E-state index in [0.29, 0.717) is 5.01 Å². The summed E-state index contributed by atoms with van der Waals surface area (Å²) in [7, 11) is 0. The first-order chi connectivity index (χ1) is 6.58. The third-order valence-corrected chi connectivity index (χ3v) is 0.843. The van der Waals surface area contributed by atoms with Gasteiger partial charge in [0.25, 0.3) is 0 Å². The topological polar surface area (TPSA) is 32.7 Å². The van der Waals surface area contributed by atoms with Crippen molar-refractivity contribution in [2.75, 3.05) is 13.0 Å². The quantitative estimate of drug-likeness (QED) is 0.459. The van der Waals surface area contributed by atoms with Crippen LogP contribution < -0.4 is 0 Å². The average molecular weight is 162 g/mol. The van der Waals surface area contributed by atoms with E-state index in [-0.39, 0.29) is 0 Å². The monoisotopic (exact) mass is 162 g/mol. The molecule has 0 N–H and O–H groups in total. The van der Waals surface area contributed by atoms with Crippen LogP contribution in [0.5, 0.6) is 0 Å². The van der Waals surface area contributed by atoms with Crippen LogP contribution in [0.3, 0.4) is 0 Å². The molecule has 0 atom stereocenters. The number of nitroso groups, excluding NO2 is 1. The molecule has 0 aromatic heterocycles. The lowest BCUT2D eigenvalue weighted by Crippen LogP contribution is -2.25. The van der Waals surface area contributed by atoms with Crippen molar-refractivity contribution in [1.82, 2.24) is 5.01 Å². The third kappa shape index (κ3) is 5.83. The molecule has 3 heteroatoms. The summed E-state index contributed by atoms with van der Waals surface area (Å²) in [6.07, 6.45) is 0. The van der Waals surface area contributed by atoms with Crippen molar-refractivity contribution >= 4 is 0 Å². The Labute approximate surface area is 74.3 Å². The molecule has 0 fully saturated rings. The van der Waals surface area contributed by atoms with Gasteiger partial charge in [0.2, 0.25) is 0 Å². The van der Waals surface area contributed by atoms with Gasteiger partial charge >= 0.3 is 0 Å². The van der Waals surface area contributed by atoms with Gasteiger partial charge in [-0.1, -0.05) is 27.7 Å². The molecule has 0 heterocycles. The molecule has 0 aliphatic heterocycles. The molecule has 0 unspecified atom stereocenters. The second kappa shape index (κ2) is 5.10. The van der Waals surface area contributed by atoms with E-state index in [1.165, 1.54) is 0 Å². The Kier molecular flexibility index (Phi) is 2.37. The second-order valence-corrected chi connectivity index (χ2v) is 2.96. The molecular weight excluding hydrogens is 140 g/mol. The molecule has 0 aromatic carbocycles. The normalized spacial score (nSPS) is 18.7. The van der Waals surface area contributed by atoms with Gasteiger partial charge in [0.1, 0.15) is 0 Å². The minimum absolute atomic E-state index is 0.384. The van der Waals surface area contributed by atoms with Crippen LogP contribution in [0.2, 0.25) is 0 Å².